The van der Waals surface area contributed by atoms with Crippen molar-refractivity contribution in [2.45, 2.75) is 45.1 Å². The van der Waals surface area contributed by atoms with Gasteiger partial charge in [0.1, 0.15) is 11.4 Å². The monoisotopic (exact) mass is 351 g/mol. The Balaban J connectivity index is 2.71. The molecule has 7 heteroatoms. The highest BCUT2D eigenvalue weighted by atomic mass is 19.1. The Hall–Kier alpha value is -2.28. The molecule has 25 heavy (non-hydrogen) atoms. The average molecular weight is 351 g/mol. The molecule has 0 heterocycles. The highest BCUT2D eigenvalue weighted by Gasteiger charge is 2.30. The standard InChI is InChI=1S/C18H26FN3O3/c1-18(2,17(21)25)22-16(24)13(4-3-11-20)7-10-15(23)12-5-8-14(19)9-6-12/h5-6,8-9,13H,3-4,7,10-11,20H2,1-2H3,(H2,21,25)(H,22,24)/t13-/m0/s1. The maximum absolute atomic E-state index is 12.9. The van der Waals surface area contributed by atoms with Crippen molar-refractivity contribution < 1.29 is 18.8 Å². The smallest absolute Gasteiger partial charge is 0.242 e. The van der Waals surface area contributed by atoms with Gasteiger partial charge in [0.2, 0.25) is 11.8 Å². The van der Waals surface area contributed by atoms with Crippen LogP contribution < -0.4 is 16.8 Å². The Bertz CT molecular complexity index is 614. The van der Waals surface area contributed by atoms with Crippen molar-refractivity contribution in [2.75, 3.05) is 6.54 Å². The third-order valence-electron chi connectivity index (χ3n) is 4.07. The zero-order chi connectivity index (χ0) is 19.0. The van der Waals surface area contributed by atoms with Gasteiger partial charge in [0.05, 0.1) is 0 Å². The molecule has 0 aliphatic rings. The molecule has 0 aliphatic carbocycles. The van der Waals surface area contributed by atoms with Gasteiger partial charge >= 0.3 is 0 Å². The Kier molecular flexibility index (Phi) is 7.70. The molecule has 1 aromatic carbocycles. The van der Waals surface area contributed by atoms with Crippen LogP contribution in [0.5, 0.6) is 0 Å². The molecule has 0 saturated carbocycles. The van der Waals surface area contributed by atoms with Gasteiger partial charge in [0.15, 0.2) is 5.78 Å². The van der Waals surface area contributed by atoms with E-state index in [1.54, 1.807) is 0 Å². The summed E-state index contributed by atoms with van der Waals surface area (Å²) in [6, 6.07) is 5.29. The maximum atomic E-state index is 12.9. The molecule has 5 N–H and O–H groups in total. The van der Waals surface area contributed by atoms with E-state index in [1.807, 2.05) is 0 Å². The number of nitrogens with one attached hydrogen (secondary N) is 1. The van der Waals surface area contributed by atoms with Gasteiger partial charge in [-0.3, -0.25) is 14.4 Å². The number of carbonyl (C=O) groups is 3. The van der Waals surface area contributed by atoms with Crippen LogP contribution in [0.4, 0.5) is 4.39 Å². The van der Waals surface area contributed by atoms with Crippen molar-refractivity contribution in [2.24, 2.45) is 17.4 Å². The normalized spacial score (nSPS) is 12.5. The van der Waals surface area contributed by atoms with Crippen LogP contribution in [0.2, 0.25) is 0 Å². The van der Waals surface area contributed by atoms with Crippen LogP contribution >= 0.6 is 0 Å². The summed E-state index contributed by atoms with van der Waals surface area (Å²) in [5.74, 6) is -2.00. The minimum absolute atomic E-state index is 0.144. The van der Waals surface area contributed by atoms with E-state index in [1.165, 1.54) is 38.1 Å². The van der Waals surface area contributed by atoms with Crippen molar-refractivity contribution >= 4 is 17.6 Å². The quantitative estimate of drug-likeness (QED) is 0.554. The van der Waals surface area contributed by atoms with E-state index in [9.17, 15) is 18.8 Å². The third kappa shape index (κ3) is 6.62. The van der Waals surface area contributed by atoms with Gasteiger partial charge in [-0.1, -0.05) is 0 Å². The molecule has 0 fully saturated rings. The fraction of sp³-hybridized carbons (Fsp3) is 0.500. The second kappa shape index (κ2) is 9.27. The Morgan fingerprint density at radius 1 is 1.16 bits per heavy atom. The van der Waals surface area contributed by atoms with E-state index >= 15 is 0 Å². The molecule has 138 valence electrons. The number of hydrogen-bond donors (Lipinski definition) is 3. The van der Waals surface area contributed by atoms with Gasteiger partial charge in [-0.25, -0.2) is 4.39 Å². The third-order valence-corrected chi connectivity index (χ3v) is 4.07. The van der Waals surface area contributed by atoms with E-state index in [0.29, 0.717) is 31.4 Å². The highest BCUT2D eigenvalue weighted by Crippen LogP contribution is 2.18. The lowest BCUT2D eigenvalue weighted by atomic mass is 9.92. The first-order chi connectivity index (χ1) is 11.7. The van der Waals surface area contributed by atoms with Crippen LogP contribution in [-0.4, -0.2) is 29.7 Å². The lowest BCUT2D eigenvalue weighted by Crippen LogP contribution is -2.54. The maximum Gasteiger partial charge on any atom is 0.242 e. The minimum atomic E-state index is -1.17. The molecular formula is C18H26FN3O3. The average Bonchev–Trinajstić information content (AvgIpc) is 2.54. The fourth-order valence-corrected chi connectivity index (χ4v) is 2.33. The molecule has 6 nitrogen and oxygen atoms in total. The molecule has 0 unspecified atom stereocenters. The zero-order valence-corrected chi connectivity index (χ0v) is 14.7. The van der Waals surface area contributed by atoms with E-state index < -0.39 is 23.2 Å². The largest absolute Gasteiger partial charge is 0.368 e. The summed E-state index contributed by atoms with van der Waals surface area (Å²) in [7, 11) is 0. The van der Waals surface area contributed by atoms with Crippen LogP contribution in [0.3, 0.4) is 0 Å². The first kappa shape index (κ1) is 20.8. The molecule has 1 aromatic rings. The molecule has 1 rings (SSSR count). The number of primary amides is 1. The second-order valence-electron chi connectivity index (χ2n) is 6.58. The molecule has 0 spiro atoms. The van der Waals surface area contributed by atoms with Crippen molar-refractivity contribution in [3.8, 4) is 0 Å². The molecule has 0 saturated heterocycles. The van der Waals surface area contributed by atoms with Gasteiger partial charge in [-0.2, -0.15) is 0 Å². The van der Waals surface area contributed by atoms with Crippen LogP contribution in [0.15, 0.2) is 24.3 Å². The Morgan fingerprint density at radius 2 is 1.76 bits per heavy atom. The molecule has 1 atom stereocenters. The van der Waals surface area contributed by atoms with Gasteiger partial charge in [0, 0.05) is 17.9 Å². The van der Waals surface area contributed by atoms with Crippen LogP contribution in [0, 0.1) is 11.7 Å². The van der Waals surface area contributed by atoms with Crippen LogP contribution in [-0.2, 0) is 9.59 Å². The van der Waals surface area contributed by atoms with Crippen molar-refractivity contribution in [1.82, 2.24) is 5.32 Å². The second-order valence-corrected chi connectivity index (χ2v) is 6.58. The van der Waals surface area contributed by atoms with Crippen molar-refractivity contribution in [3.63, 3.8) is 0 Å². The summed E-state index contributed by atoms with van der Waals surface area (Å²) in [5, 5.41) is 2.62. The van der Waals surface area contributed by atoms with Crippen LogP contribution in [0.25, 0.3) is 0 Å². The lowest BCUT2D eigenvalue weighted by molar-refractivity contribution is -0.132. The Labute approximate surface area is 147 Å². The summed E-state index contributed by atoms with van der Waals surface area (Å²) in [6.45, 7) is 3.47. The number of carbonyl (C=O) groups excluding carboxylic acids is 3. The van der Waals surface area contributed by atoms with E-state index in [2.05, 4.69) is 5.32 Å². The molecule has 2 amide bonds. The zero-order valence-electron chi connectivity index (χ0n) is 14.7. The minimum Gasteiger partial charge on any atom is -0.368 e. The summed E-state index contributed by atoms with van der Waals surface area (Å²) in [4.78, 5) is 36.0. The lowest BCUT2D eigenvalue weighted by Gasteiger charge is -2.25. The number of halogens is 1. The Morgan fingerprint density at radius 3 is 2.28 bits per heavy atom. The summed E-state index contributed by atoms with van der Waals surface area (Å²) < 4.78 is 12.9. The fourth-order valence-electron chi connectivity index (χ4n) is 2.33. The predicted molar refractivity (Wildman–Crippen MR) is 93.2 cm³/mol. The molecule has 0 bridgehead atoms. The first-order valence-corrected chi connectivity index (χ1v) is 8.28. The van der Waals surface area contributed by atoms with Gasteiger partial charge in [-0.05, 0) is 63.9 Å². The molecular weight excluding hydrogens is 325 g/mol. The van der Waals surface area contributed by atoms with Gasteiger partial charge < -0.3 is 16.8 Å². The molecule has 0 radical (unpaired) electrons. The number of benzene rings is 1. The number of amides is 2. The SMILES string of the molecule is CC(C)(NC(=O)[C@@H](CCCN)CCC(=O)c1ccc(F)cc1)C(N)=O. The molecule has 0 aromatic heterocycles. The summed E-state index contributed by atoms with van der Waals surface area (Å²) in [5.41, 5.74) is 10.0. The van der Waals surface area contributed by atoms with Gasteiger partial charge in [0.25, 0.3) is 0 Å². The number of rotatable bonds is 10. The van der Waals surface area contributed by atoms with Gasteiger partial charge in [-0.15, -0.1) is 0 Å². The molecule has 0 aliphatic heterocycles. The van der Waals surface area contributed by atoms with Crippen molar-refractivity contribution in [3.05, 3.63) is 35.6 Å². The highest BCUT2D eigenvalue weighted by molar-refractivity contribution is 5.96. The number of hydrogen-bond acceptors (Lipinski definition) is 4. The summed E-state index contributed by atoms with van der Waals surface area (Å²) in [6.07, 6.45) is 1.59. The predicted octanol–water partition coefficient (Wildman–Crippen LogP) is 1.52. The van der Waals surface area contributed by atoms with Crippen molar-refractivity contribution in [1.29, 1.82) is 0 Å². The van der Waals surface area contributed by atoms with Crippen LogP contribution in [0.1, 0.15) is 49.9 Å². The van der Waals surface area contributed by atoms with E-state index in [0.717, 1.165) is 0 Å². The number of Topliss-reactive ketones (excluding diaryl/α,β-unsaturated/α-hetero) is 1. The number of ketones is 1. The summed E-state index contributed by atoms with van der Waals surface area (Å²) >= 11 is 0. The first-order valence-electron chi connectivity index (χ1n) is 8.28. The van der Waals surface area contributed by atoms with E-state index in [4.69, 9.17) is 11.5 Å². The van der Waals surface area contributed by atoms with E-state index in [-0.39, 0.29) is 18.1 Å². The topological polar surface area (TPSA) is 115 Å². The number of nitrogens with two attached hydrogens (primary N) is 2.